The first-order chi connectivity index (χ1) is 10.0. The minimum Gasteiger partial charge on any atom is -0.465 e. The Labute approximate surface area is 129 Å². The van der Waals surface area contributed by atoms with Gasteiger partial charge in [0.05, 0.1) is 19.8 Å². The quantitative estimate of drug-likeness (QED) is 0.571. The van der Waals surface area contributed by atoms with Crippen LogP contribution in [0.1, 0.15) is 19.4 Å². The monoisotopic (exact) mass is 314 g/mol. The zero-order valence-electron chi connectivity index (χ0n) is 12.3. The van der Waals surface area contributed by atoms with Crippen LogP contribution in [-0.2, 0) is 29.2 Å². The number of hydrogen-bond donors (Lipinski definition) is 0. The lowest BCUT2D eigenvalue weighted by molar-refractivity contribution is -0.167. The van der Waals surface area contributed by atoms with Crippen molar-refractivity contribution in [3.8, 4) is 0 Å². The molecule has 0 unspecified atom stereocenters. The number of ether oxygens (including phenoxy) is 3. The first kappa shape index (κ1) is 17.5. The Morgan fingerprint density at radius 3 is 1.90 bits per heavy atom. The number of benzene rings is 1. The molecule has 0 aromatic heterocycles. The van der Waals surface area contributed by atoms with Gasteiger partial charge in [-0.3, -0.25) is 9.59 Å². The highest BCUT2D eigenvalue weighted by molar-refractivity contribution is 6.30. The van der Waals surface area contributed by atoms with E-state index in [-0.39, 0.29) is 19.8 Å². The highest BCUT2D eigenvalue weighted by Crippen LogP contribution is 2.29. The molecule has 6 heteroatoms. The molecule has 0 fully saturated rings. The van der Waals surface area contributed by atoms with E-state index >= 15 is 0 Å². The van der Waals surface area contributed by atoms with Crippen LogP contribution in [0.15, 0.2) is 24.3 Å². The molecule has 0 atom stereocenters. The third kappa shape index (κ3) is 3.74. The van der Waals surface area contributed by atoms with Crippen LogP contribution in [0.4, 0.5) is 0 Å². The summed E-state index contributed by atoms with van der Waals surface area (Å²) in [5.74, 6) is -1.40. The predicted molar refractivity (Wildman–Crippen MR) is 78.3 cm³/mol. The predicted octanol–water partition coefficient (Wildman–Crippen LogP) is 2.35. The van der Waals surface area contributed by atoms with Crippen molar-refractivity contribution in [3.05, 3.63) is 34.9 Å². The van der Waals surface area contributed by atoms with Crippen molar-refractivity contribution in [2.24, 2.45) is 0 Å². The van der Waals surface area contributed by atoms with Gasteiger partial charge in [-0.15, -0.1) is 0 Å². The lowest BCUT2D eigenvalue weighted by Crippen LogP contribution is -2.49. The third-order valence-corrected chi connectivity index (χ3v) is 3.20. The van der Waals surface area contributed by atoms with Gasteiger partial charge < -0.3 is 14.2 Å². The Morgan fingerprint density at radius 2 is 1.52 bits per heavy atom. The summed E-state index contributed by atoms with van der Waals surface area (Å²) in [6.45, 7) is 3.46. The van der Waals surface area contributed by atoms with Crippen molar-refractivity contribution >= 4 is 23.5 Å². The van der Waals surface area contributed by atoms with Gasteiger partial charge in [-0.25, -0.2) is 0 Å². The Morgan fingerprint density at radius 1 is 1.05 bits per heavy atom. The fourth-order valence-electron chi connectivity index (χ4n) is 1.98. The molecule has 1 aromatic rings. The second-order valence-corrected chi connectivity index (χ2v) is 4.72. The van der Waals surface area contributed by atoms with E-state index in [1.54, 1.807) is 38.1 Å². The van der Waals surface area contributed by atoms with Gasteiger partial charge in [-0.05, 0) is 31.5 Å². The maximum absolute atomic E-state index is 12.4. The molecule has 0 bridgehead atoms. The highest BCUT2D eigenvalue weighted by Gasteiger charge is 2.51. The molecular weight excluding hydrogens is 296 g/mol. The van der Waals surface area contributed by atoms with Crippen LogP contribution < -0.4 is 0 Å². The second kappa shape index (κ2) is 8.00. The number of hydrogen-bond acceptors (Lipinski definition) is 5. The summed E-state index contributed by atoms with van der Waals surface area (Å²) in [6, 6.07) is 6.38. The molecule has 0 aliphatic heterocycles. The van der Waals surface area contributed by atoms with Crippen LogP contribution in [0, 0.1) is 0 Å². The molecule has 116 valence electrons. The summed E-state index contributed by atoms with van der Waals surface area (Å²) < 4.78 is 15.2. The highest BCUT2D eigenvalue weighted by atomic mass is 35.5. The van der Waals surface area contributed by atoms with Crippen LogP contribution in [-0.4, -0.2) is 38.9 Å². The largest absolute Gasteiger partial charge is 0.465 e. The van der Waals surface area contributed by atoms with Gasteiger partial charge in [-0.1, -0.05) is 23.7 Å². The van der Waals surface area contributed by atoms with Gasteiger partial charge in [0, 0.05) is 12.1 Å². The summed E-state index contributed by atoms with van der Waals surface area (Å²) in [5, 5.41) is 0.498. The number of carbonyl (C=O) groups excluding carboxylic acids is 2. The Kier molecular flexibility index (Phi) is 6.65. The second-order valence-electron chi connectivity index (χ2n) is 4.29. The molecule has 1 aromatic carbocycles. The van der Waals surface area contributed by atoms with Crippen molar-refractivity contribution in [2.45, 2.75) is 19.3 Å². The molecule has 0 aliphatic rings. The van der Waals surface area contributed by atoms with Crippen LogP contribution in [0.2, 0.25) is 5.02 Å². The van der Waals surface area contributed by atoms with Crippen LogP contribution >= 0.6 is 11.6 Å². The van der Waals surface area contributed by atoms with Crippen LogP contribution in [0.3, 0.4) is 0 Å². The van der Waals surface area contributed by atoms with E-state index in [1.807, 2.05) is 0 Å². The minimum atomic E-state index is -1.65. The number of methoxy groups -OCH3 is 1. The van der Waals surface area contributed by atoms with Gasteiger partial charge in [0.2, 0.25) is 5.41 Å². The minimum absolute atomic E-state index is 0.150. The van der Waals surface area contributed by atoms with Crippen molar-refractivity contribution in [1.82, 2.24) is 0 Å². The molecule has 0 spiro atoms. The van der Waals surface area contributed by atoms with E-state index in [2.05, 4.69) is 0 Å². The maximum Gasteiger partial charge on any atom is 0.330 e. The fourth-order valence-corrected chi connectivity index (χ4v) is 2.11. The molecule has 21 heavy (non-hydrogen) atoms. The summed E-state index contributed by atoms with van der Waals surface area (Å²) in [7, 11) is 1.41. The zero-order chi connectivity index (χ0) is 15.9. The number of halogens is 1. The number of esters is 2. The summed E-state index contributed by atoms with van der Waals surface area (Å²) in [6.07, 6.45) is 0. The lowest BCUT2D eigenvalue weighted by Gasteiger charge is -2.28. The van der Waals surface area contributed by atoms with Crippen molar-refractivity contribution in [1.29, 1.82) is 0 Å². The van der Waals surface area contributed by atoms with E-state index < -0.39 is 17.4 Å². The van der Waals surface area contributed by atoms with Gasteiger partial charge in [-0.2, -0.15) is 0 Å². The average molecular weight is 315 g/mol. The molecule has 0 aliphatic carbocycles. The van der Waals surface area contributed by atoms with Gasteiger partial charge >= 0.3 is 11.9 Å². The van der Waals surface area contributed by atoms with E-state index in [9.17, 15) is 9.59 Å². The molecule has 5 nitrogen and oxygen atoms in total. The standard InChI is InChI=1S/C15H19ClO5/c1-4-20-13(17)15(10-19-3,14(18)21-5-2)11-6-8-12(16)9-7-11/h6-9H,4-5,10H2,1-3H3. The van der Waals surface area contributed by atoms with Crippen molar-refractivity contribution in [2.75, 3.05) is 26.9 Å². The summed E-state index contributed by atoms with van der Waals surface area (Å²) in [4.78, 5) is 24.8. The topological polar surface area (TPSA) is 61.8 Å². The lowest BCUT2D eigenvalue weighted by atomic mass is 9.81. The van der Waals surface area contributed by atoms with Gasteiger partial charge in [0.25, 0.3) is 0 Å². The molecule has 1 rings (SSSR count). The van der Waals surface area contributed by atoms with E-state index in [1.165, 1.54) is 7.11 Å². The molecule has 0 amide bonds. The third-order valence-electron chi connectivity index (χ3n) is 2.95. The Hall–Kier alpha value is -1.59. The molecule has 0 saturated carbocycles. The van der Waals surface area contributed by atoms with Gasteiger partial charge in [0.15, 0.2) is 0 Å². The van der Waals surface area contributed by atoms with Crippen LogP contribution in [0.5, 0.6) is 0 Å². The molecule has 0 heterocycles. The maximum atomic E-state index is 12.4. The number of rotatable bonds is 7. The Balaban J connectivity index is 3.38. The smallest absolute Gasteiger partial charge is 0.330 e. The Bertz CT molecular complexity index is 465. The fraction of sp³-hybridized carbons (Fsp3) is 0.467. The SMILES string of the molecule is CCOC(=O)C(COC)(C(=O)OCC)c1ccc(Cl)cc1. The zero-order valence-corrected chi connectivity index (χ0v) is 13.1. The normalized spacial score (nSPS) is 11.0. The molecule has 0 N–H and O–H groups in total. The average Bonchev–Trinajstić information content (AvgIpc) is 2.46. The first-order valence-corrected chi connectivity index (χ1v) is 7.00. The van der Waals surface area contributed by atoms with Crippen molar-refractivity contribution < 1.29 is 23.8 Å². The molecular formula is C15H19ClO5. The molecule has 0 saturated heterocycles. The van der Waals surface area contributed by atoms with Crippen LogP contribution in [0.25, 0.3) is 0 Å². The van der Waals surface area contributed by atoms with E-state index in [0.717, 1.165) is 0 Å². The van der Waals surface area contributed by atoms with E-state index in [4.69, 9.17) is 25.8 Å². The summed E-state index contributed by atoms with van der Waals surface area (Å²) >= 11 is 5.86. The molecule has 0 radical (unpaired) electrons. The first-order valence-electron chi connectivity index (χ1n) is 6.62. The van der Waals surface area contributed by atoms with Crippen molar-refractivity contribution in [3.63, 3.8) is 0 Å². The van der Waals surface area contributed by atoms with E-state index in [0.29, 0.717) is 10.6 Å². The summed E-state index contributed by atoms with van der Waals surface area (Å²) in [5.41, 5.74) is -1.23. The van der Waals surface area contributed by atoms with Gasteiger partial charge in [0.1, 0.15) is 0 Å². The number of carbonyl (C=O) groups is 2.